The molecule has 3 N–H and O–H groups in total. The molecule has 2 aliphatic rings. The molecule has 1 aliphatic heterocycles. The first kappa shape index (κ1) is 26.0. The number of benzene rings is 1. The highest BCUT2D eigenvalue weighted by atomic mass is 16.2. The number of hydrogen-bond acceptors (Lipinski definition) is 6. The lowest BCUT2D eigenvalue weighted by Gasteiger charge is -2.32. The summed E-state index contributed by atoms with van der Waals surface area (Å²) in [5, 5.41) is 14.9. The van der Waals surface area contributed by atoms with Gasteiger partial charge in [0.2, 0.25) is 5.91 Å². The molecule has 1 aliphatic carbocycles. The molecule has 1 aromatic heterocycles. The minimum Gasteiger partial charge on any atom is -0.344 e. The average molecular weight is 490 g/mol. The molecule has 4 rings (SSSR count). The zero-order valence-electron chi connectivity index (χ0n) is 21.7. The molecule has 0 radical (unpaired) electrons. The van der Waals surface area contributed by atoms with Gasteiger partial charge in [0.05, 0.1) is 17.8 Å². The monoisotopic (exact) mass is 489 g/mol. The van der Waals surface area contributed by atoms with E-state index in [1.807, 2.05) is 25.1 Å². The normalized spacial score (nSPS) is 18.2. The number of amides is 1. The molecule has 2 aromatic rings. The Labute approximate surface area is 214 Å². The second-order valence-corrected chi connectivity index (χ2v) is 10.1. The lowest BCUT2D eigenvalue weighted by atomic mass is 9.78. The number of likely N-dealkylation sites (N-methyl/N-ethyl adjacent to an activating group) is 1. The smallest absolute Gasteiger partial charge is 0.237 e. The molecule has 0 saturated heterocycles. The largest absolute Gasteiger partial charge is 0.344 e. The predicted octanol–water partition coefficient (Wildman–Crippen LogP) is 4.53. The maximum atomic E-state index is 13.8. The van der Waals surface area contributed by atoms with Gasteiger partial charge < -0.3 is 20.9 Å². The van der Waals surface area contributed by atoms with Gasteiger partial charge in [0.25, 0.3) is 0 Å². The van der Waals surface area contributed by atoms with E-state index in [9.17, 15) is 9.59 Å². The summed E-state index contributed by atoms with van der Waals surface area (Å²) < 4.78 is 0. The standard InChI is InChI=1S/C29H39N5O2/c1-4-23(22-14-16-32-25(18-22)34-17-15-20-10-8-9-13-24(20)34)26(30)28(35)27(21-11-6-5-7-12-21)33-29(36)19(2)31-3/h8-10,13-14,16,18-19,21,23,27,30-31H,4-7,11-12,15,17H2,1-3H3,(H,33,36). The van der Waals surface area contributed by atoms with Crippen LogP contribution >= 0.6 is 0 Å². The Morgan fingerprint density at radius 2 is 1.92 bits per heavy atom. The maximum Gasteiger partial charge on any atom is 0.237 e. The summed E-state index contributed by atoms with van der Waals surface area (Å²) in [6, 6.07) is 11.3. The molecule has 192 valence electrons. The van der Waals surface area contributed by atoms with E-state index >= 15 is 0 Å². The van der Waals surface area contributed by atoms with Crippen molar-refractivity contribution in [2.24, 2.45) is 5.92 Å². The third-order valence-electron chi connectivity index (χ3n) is 7.89. The summed E-state index contributed by atoms with van der Waals surface area (Å²) in [5.74, 6) is 0.126. The minimum absolute atomic E-state index is 0.0736. The van der Waals surface area contributed by atoms with Crippen molar-refractivity contribution in [3.63, 3.8) is 0 Å². The van der Waals surface area contributed by atoms with E-state index in [4.69, 9.17) is 5.41 Å². The van der Waals surface area contributed by atoms with Gasteiger partial charge in [0.15, 0.2) is 5.78 Å². The van der Waals surface area contributed by atoms with Crippen molar-refractivity contribution in [3.8, 4) is 0 Å². The Balaban J connectivity index is 1.57. The number of hydrogen-bond donors (Lipinski definition) is 3. The minimum atomic E-state index is -0.651. The van der Waals surface area contributed by atoms with Crippen LogP contribution in [0.25, 0.3) is 0 Å². The zero-order chi connectivity index (χ0) is 25.7. The van der Waals surface area contributed by atoms with E-state index in [0.717, 1.165) is 56.5 Å². The van der Waals surface area contributed by atoms with Gasteiger partial charge in [0, 0.05) is 24.3 Å². The highest BCUT2D eigenvalue weighted by Gasteiger charge is 2.36. The van der Waals surface area contributed by atoms with Crippen molar-refractivity contribution < 1.29 is 9.59 Å². The molecule has 1 fully saturated rings. The van der Waals surface area contributed by atoms with Gasteiger partial charge in [0.1, 0.15) is 5.82 Å². The Hall–Kier alpha value is -3.06. The molecule has 3 atom stereocenters. The van der Waals surface area contributed by atoms with Gasteiger partial charge in [-0.05, 0) is 74.9 Å². The molecule has 3 unspecified atom stereocenters. The lowest BCUT2D eigenvalue weighted by Crippen LogP contribution is -2.53. The molecular weight excluding hydrogens is 450 g/mol. The summed E-state index contributed by atoms with van der Waals surface area (Å²) in [7, 11) is 1.73. The summed E-state index contributed by atoms with van der Waals surface area (Å²) in [6.45, 7) is 4.66. The summed E-state index contributed by atoms with van der Waals surface area (Å²) in [5.41, 5.74) is 3.47. The first-order chi connectivity index (χ1) is 17.4. The molecule has 1 aromatic carbocycles. The van der Waals surface area contributed by atoms with Crippen LogP contribution in [0.5, 0.6) is 0 Å². The Morgan fingerprint density at radius 3 is 2.64 bits per heavy atom. The van der Waals surface area contributed by atoms with Gasteiger partial charge in [-0.3, -0.25) is 9.59 Å². The fourth-order valence-corrected chi connectivity index (χ4v) is 5.59. The number of nitrogens with zero attached hydrogens (tertiary/aromatic N) is 2. The predicted molar refractivity (Wildman–Crippen MR) is 144 cm³/mol. The van der Waals surface area contributed by atoms with Crippen molar-refractivity contribution >= 4 is 28.9 Å². The molecule has 7 heteroatoms. The van der Waals surface area contributed by atoms with Crippen molar-refractivity contribution in [2.45, 2.75) is 76.8 Å². The van der Waals surface area contributed by atoms with Gasteiger partial charge in [-0.1, -0.05) is 44.4 Å². The summed E-state index contributed by atoms with van der Waals surface area (Å²) in [6.07, 6.45) is 8.46. The van der Waals surface area contributed by atoms with Crippen LogP contribution in [-0.4, -0.2) is 48.1 Å². The van der Waals surface area contributed by atoms with Gasteiger partial charge in [-0.15, -0.1) is 0 Å². The number of ketones is 1. The number of fused-ring (bicyclic) bond motifs is 1. The van der Waals surface area contributed by atoms with E-state index in [0.29, 0.717) is 6.42 Å². The van der Waals surface area contributed by atoms with Crippen LogP contribution in [0.4, 0.5) is 11.5 Å². The van der Waals surface area contributed by atoms with Crippen LogP contribution in [0, 0.1) is 11.3 Å². The fraction of sp³-hybridized carbons (Fsp3) is 0.517. The molecule has 2 heterocycles. The van der Waals surface area contributed by atoms with E-state index in [1.165, 1.54) is 11.3 Å². The van der Waals surface area contributed by atoms with E-state index < -0.39 is 12.1 Å². The molecular formula is C29H39N5O2. The second kappa shape index (κ2) is 11.8. The number of aromatic nitrogens is 1. The van der Waals surface area contributed by atoms with E-state index in [-0.39, 0.29) is 29.2 Å². The summed E-state index contributed by atoms with van der Waals surface area (Å²) >= 11 is 0. The number of anilines is 2. The van der Waals surface area contributed by atoms with Gasteiger partial charge in [-0.25, -0.2) is 4.98 Å². The van der Waals surface area contributed by atoms with Crippen LogP contribution < -0.4 is 15.5 Å². The van der Waals surface area contributed by atoms with Crippen LogP contribution in [0.1, 0.15) is 69.4 Å². The molecule has 36 heavy (non-hydrogen) atoms. The number of para-hydroxylation sites is 1. The number of Topliss-reactive ketones (excluding diaryl/α,β-unsaturated/α-hetero) is 1. The number of nitrogens with one attached hydrogen (secondary N) is 3. The van der Waals surface area contributed by atoms with Gasteiger partial charge >= 0.3 is 0 Å². The van der Waals surface area contributed by atoms with Crippen molar-refractivity contribution in [3.05, 3.63) is 53.7 Å². The molecule has 1 amide bonds. The van der Waals surface area contributed by atoms with Crippen LogP contribution in [0.3, 0.4) is 0 Å². The highest BCUT2D eigenvalue weighted by molar-refractivity contribution is 6.42. The van der Waals surface area contributed by atoms with E-state index in [1.54, 1.807) is 20.2 Å². The number of carbonyl (C=O) groups excluding carboxylic acids is 2. The third kappa shape index (κ3) is 5.51. The van der Waals surface area contributed by atoms with Crippen molar-refractivity contribution in [1.82, 2.24) is 15.6 Å². The fourth-order valence-electron chi connectivity index (χ4n) is 5.59. The van der Waals surface area contributed by atoms with Crippen LogP contribution in [0.15, 0.2) is 42.6 Å². The first-order valence-corrected chi connectivity index (χ1v) is 13.4. The first-order valence-electron chi connectivity index (χ1n) is 13.4. The number of pyridine rings is 1. The van der Waals surface area contributed by atoms with Gasteiger partial charge in [-0.2, -0.15) is 0 Å². The van der Waals surface area contributed by atoms with Crippen LogP contribution in [0.2, 0.25) is 0 Å². The zero-order valence-corrected chi connectivity index (χ0v) is 21.7. The summed E-state index contributed by atoms with van der Waals surface area (Å²) in [4.78, 5) is 33.4. The molecule has 0 bridgehead atoms. The lowest BCUT2D eigenvalue weighted by molar-refractivity contribution is -0.127. The molecule has 0 spiro atoms. The Kier molecular flexibility index (Phi) is 8.52. The SMILES string of the molecule is CCC(C(=N)C(=O)C(NC(=O)C(C)NC)C1CCCCC1)c1ccnc(N2CCc3ccccc32)c1. The Bertz CT molecular complexity index is 1090. The third-order valence-corrected chi connectivity index (χ3v) is 7.89. The topological polar surface area (TPSA) is 98.2 Å². The van der Waals surface area contributed by atoms with Crippen molar-refractivity contribution in [1.29, 1.82) is 5.41 Å². The molecule has 7 nitrogen and oxygen atoms in total. The van der Waals surface area contributed by atoms with E-state index in [2.05, 4.69) is 38.7 Å². The van der Waals surface area contributed by atoms with Crippen molar-refractivity contribution in [2.75, 3.05) is 18.5 Å². The average Bonchev–Trinajstić information content (AvgIpc) is 3.36. The quantitative estimate of drug-likeness (QED) is 0.426. The molecule has 1 saturated carbocycles. The number of carbonyl (C=O) groups is 2. The Morgan fingerprint density at radius 1 is 1.17 bits per heavy atom. The maximum absolute atomic E-state index is 13.8. The highest BCUT2D eigenvalue weighted by Crippen LogP contribution is 2.35. The number of rotatable bonds is 10. The second-order valence-electron chi connectivity index (χ2n) is 10.1. The van der Waals surface area contributed by atoms with Crippen LogP contribution in [-0.2, 0) is 16.0 Å².